The standard InChI is InChI=1S/C14H11ClN2O4S2/c1-8(15)6-21-13(18)11-5-10(17(19)20)3-4-12(11)23-14-16-9(2)7-22-14/h3-5,7H,1,6H2,2H3. The Hall–Kier alpha value is -1.90. The topological polar surface area (TPSA) is 82.3 Å². The van der Waals surface area contributed by atoms with Crippen molar-refractivity contribution in [1.29, 1.82) is 0 Å². The molecule has 0 aliphatic heterocycles. The van der Waals surface area contributed by atoms with Gasteiger partial charge in [-0.2, -0.15) is 0 Å². The molecule has 0 fully saturated rings. The summed E-state index contributed by atoms with van der Waals surface area (Å²) in [7, 11) is 0. The number of rotatable bonds is 6. The van der Waals surface area contributed by atoms with E-state index >= 15 is 0 Å². The van der Waals surface area contributed by atoms with Crippen molar-refractivity contribution in [2.75, 3.05) is 6.61 Å². The zero-order valence-electron chi connectivity index (χ0n) is 11.9. The van der Waals surface area contributed by atoms with Crippen LogP contribution in [-0.2, 0) is 4.74 Å². The minimum Gasteiger partial charge on any atom is -0.456 e. The second-order valence-electron chi connectivity index (χ2n) is 4.39. The second kappa shape index (κ2) is 7.58. The van der Waals surface area contributed by atoms with Gasteiger partial charge in [0.2, 0.25) is 0 Å². The lowest BCUT2D eigenvalue weighted by Crippen LogP contribution is -2.08. The fourth-order valence-electron chi connectivity index (χ4n) is 1.57. The number of nitro benzene ring substituents is 1. The molecule has 2 aromatic rings. The molecule has 0 radical (unpaired) electrons. The van der Waals surface area contributed by atoms with Crippen molar-refractivity contribution in [1.82, 2.24) is 4.98 Å². The highest BCUT2D eigenvalue weighted by Gasteiger charge is 2.19. The van der Waals surface area contributed by atoms with E-state index in [2.05, 4.69) is 11.6 Å². The Morgan fingerprint density at radius 3 is 2.87 bits per heavy atom. The van der Waals surface area contributed by atoms with E-state index in [1.807, 2.05) is 12.3 Å². The lowest BCUT2D eigenvalue weighted by atomic mass is 10.2. The van der Waals surface area contributed by atoms with Gasteiger partial charge in [-0.25, -0.2) is 9.78 Å². The summed E-state index contributed by atoms with van der Waals surface area (Å²) in [5, 5.41) is 13.0. The molecule has 0 N–H and O–H groups in total. The zero-order valence-corrected chi connectivity index (χ0v) is 14.3. The number of ether oxygens (including phenoxy) is 1. The minimum atomic E-state index is -0.703. The molecule has 0 aliphatic rings. The quantitative estimate of drug-likeness (QED) is 0.425. The fraction of sp³-hybridized carbons (Fsp3) is 0.143. The monoisotopic (exact) mass is 370 g/mol. The third-order valence-electron chi connectivity index (χ3n) is 2.55. The Kier molecular flexibility index (Phi) is 5.75. The SMILES string of the molecule is C=C(Cl)COC(=O)c1cc([N+](=O)[O-])ccc1Sc1nc(C)cs1. The highest BCUT2D eigenvalue weighted by atomic mass is 35.5. The van der Waals surface area contributed by atoms with Crippen LogP contribution in [0.1, 0.15) is 16.1 Å². The molecule has 0 spiro atoms. The maximum Gasteiger partial charge on any atom is 0.339 e. The van der Waals surface area contributed by atoms with Gasteiger partial charge in [0.15, 0.2) is 4.34 Å². The third-order valence-corrected chi connectivity index (χ3v) is 4.79. The van der Waals surface area contributed by atoms with Gasteiger partial charge in [-0.3, -0.25) is 10.1 Å². The number of carbonyl (C=O) groups is 1. The molecule has 0 unspecified atom stereocenters. The first-order chi connectivity index (χ1) is 10.9. The van der Waals surface area contributed by atoms with Crippen LogP contribution in [0.25, 0.3) is 0 Å². The summed E-state index contributed by atoms with van der Waals surface area (Å²) >= 11 is 8.24. The summed E-state index contributed by atoms with van der Waals surface area (Å²) in [6.07, 6.45) is 0. The van der Waals surface area contributed by atoms with E-state index in [1.54, 1.807) is 0 Å². The number of hydrogen-bond acceptors (Lipinski definition) is 7. The normalized spacial score (nSPS) is 10.3. The van der Waals surface area contributed by atoms with Gasteiger partial charge in [0.25, 0.3) is 5.69 Å². The molecule has 0 bridgehead atoms. The molecule has 0 saturated heterocycles. The molecule has 1 aromatic carbocycles. The average Bonchev–Trinajstić information content (AvgIpc) is 2.90. The van der Waals surface area contributed by atoms with Gasteiger partial charge in [0.05, 0.1) is 10.5 Å². The van der Waals surface area contributed by atoms with Crippen LogP contribution in [0.4, 0.5) is 5.69 Å². The molecule has 0 saturated carbocycles. The van der Waals surface area contributed by atoms with Crippen molar-refractivity contribution in [3.63, 3.8) is 0 Å². The van der Waals surface area contributed by atoms with Crippen molar-refractivity contribution < 1.29 is 14.5 Å². The summed E-state index contributed by atoms with van der Waals surface area (Å²) in [5.41, 5.74) is 0.762. The van der Waals surface area contributed by atoms with Gasteiger partial charge in [0.1, 0.15) is 6.61 Å². The van der Waals surface area contributed by atoms with Gasteiger partial charge in [0, 0.05) is 33.1 Å². The highest BCUT2D eigenvalue weighted by Crippen LogP contribution is 2.34. The fourth-order valence-corrected chi connectivity index (χ4v) is 3.52. The van der Waals surface area contributed by atoms with Crippen molar-refractivity contribution >= 4 is 46.4 Å². The van der Waals surface area contributed by atoms with E-state index in [0.717, 1.165) is 10.0 Å². The number of hydrogen-bond donors (Lipinski definition) is 0. The number of nitrogens with zero attached hydrogens (tertiary/aromatic N) is 2. The van der Waals surface area contributed by atoms with Gasteiger partial charge in [-0.1, -0.05) is 29.9 Å². The lowest BCUT2D eigenvalue weighted by Gasteiger charge is -2.08. The lowest BCUT2D eigenvalue weighted by molar-refractivity contribution is -0.384. The molecule has 1 heterocycles. The summed E-state index contributed by atoms with van der Waals surface area (Å²) in [5.74, 6) is -0.703. The van der Waals surface area contributed by atoms with Crippen molar-refractivity contribution in [2.45, 2.75) is 16.2 Å². The third kappa shape index (κ3) is 4.78. The molecule has 0 aliphatic carbocycles. The number of aromatic nitrogens is 1. The molecule has 2 rings (SSSR count). The summed E-state index contributed by atoms with van der Waals surface area (Å²) in [6, 6.07) is 4.02. The van der Waals surface area contributed by atoms with Crippen LogP contribution < -0.4 is 0 Å². The van der Waals surface area contributed by atoms with Crippen LogP contribution in [0.3, 0.4) is 0 Å². The smallest absolute Gasteiger partial charge is 0.339 e. The number of carbonyl (C=O) groups excluding carboxylic acids is 1. The maximum atomic E-state index is 12.2. The van der Waals surface area contributed by atoms with Gasteiger partial charge < -0.3 is 4.74 Å². The first kappa shape index (κ1) is 17.5. The van der Waals surface area contributed by atoms with E-state index in [0.29, 0.717) is 4.90 Å². The number of nitro groups is 1. The Labute approximate surface area is 145 Å². The van der Waals surface area contributed by atoms with E-state index in [9.17, 15) is 14.9 Å². The summed E-state index contributed by atoms with van der Waals surface area (Å²) in [4.78, 5) is 27.3. The van der Waals surface area contributed by atoms with Crippen LogP contribution in [-0.4, -0.2) is 22.5 Å². The van der Waals surface area contributed by atoms with Crippen molar-refractivity contribution in [3.05, 3.63) is 56.6 Å². The van der Waals surface area contributed by atoms with E-state index in [4.69, 9.17) is 16.3 Å². The van der Waals surface area contributed by atoms with Gasteiger partial charge in [-0.05, 0) is 13.0 Å². The van der Waals surface area contributed by atoms with Crippen LogP contribution >= 0.6 is 34.7 Å². The van der Waals surface area contributed by atoms with Crippen molar-refractivity contribution in [3.8, 4) is 0 Å². The maximum absolute atomic E-state index is 12.2. The minimum absolute atomic E-state index is 0.0926. The first-order valence-electron chi connectivity index (χ1n) is 6.25. The average molecular weight is 371 g/mol. The first-order valence-corrected chi connectivity index (χ1v) is 8.33. The molecule has 0 amide bonds. The molecule has 9 heteroatoms. The number of aryl methyl sites for hydroxylation is 1. The van der Waals surface area contributed by atoms with Crippen LogP contribution in [0.15, 0.2) is 44.4 Å². The van der Waals surface area contributed by atoms with Crippen LogP contribution in [0.2, 0.25) is 0 Å². The highest BCUT2D eigenvalue weighted by molar-refractivity contribution is 8.01. The Bertz CT molecular complexity index is 776. The molecule has 23 heavy (non-hydrogen) atoms. The van der Waals surface area contributed by atoms with E-state index in [-0.39, 0.29) is 22.9 Å². The Morgan fingerprint density at radius 1 is 1.57 bits per heavy atom. The Morgan fingerprint density at radius 2 is 2.30 bits per heavy atom. The molecular weight excluding hydrogens is 360 g/mol. The number of non-ortho nitro benzene ring substituents is 1. The predicted molar refractivity (Wildman–Crippen MR) is 89.3 cm³/mol. The molecule has 1 aromatic heterocycles. The summed E-state index contributed by atoms with van der Waals surface area (Å²) in [6.45, 7) is 5.12. The van der Waals surface area contributed by atoms with Crippen molar-refractivity contribution in [2.24, 2.45) is 0 Å². The van der Waals surface area contributed by atoms with Gasteiger partial charge >= 0.3 is 5.97 Å². The van der Waals surface area contributed by atoms with E-state index < -0.39 is 10.9 Å². The van der Waals surface area contributed by atoms with Crippen LogP contribution in [0, 0.1) is 17.0 Å². The van der Waals surface area contributed by atoms with Gasteiger partial charge in [-0.15, -0.1) is 11.3 Å². The number of halogens is 1. The molecule has 120 valence electrons. The van der Waals surface area contributed by atoms with Crippen LogP contribution in [0.5, 0.6) is 0 Å². The number of esters is 1. The number of thiazole rings is 1. The largest absolute Gasteiger partial charge is 0.456 e. The predicted octanol–water partition coefficient (Wildman–Crippen LogP) is 4.42. The molecular formula is C14H11ClN2O4S2. The number of benzene rings is 1. The molecule has 6 nitrogen and oxygen atoms in total. The van der Waals surface area contributed by atoms with E-state index in [1.165, 1.54) is 41.3 Å². The summed E-state index contributed by atoms with van der Waals surface area (Å²) < 4.78 is 5.71. The second-order valence-corrected chi connectivity index (χ2v) is 7.07. The zero-order chi connectivity index (χ0) is 17.0. The molecule has 0 atom stereocenters. The Balaban J connectivity index is 2.34.